The Morgan fingerprint density at radius 2 is 0.814 bits per heavy atom. The summed E-state index contributed by atoms with van der Waals surface area (Å²) in [6, 6.07) is 29.4. The van der Waals surface area contributed by atoms with E-state index in [9.17, 15) is 17.6 Å². The summed E-state index contributed by atoms with van der Waals surface area (Å²) in [5.41, 5.74) is 6.99. The molecule has 5 aromatic carbocycles. The van der Waals surface area contributed by atoms with Crippen molar-refractivity contribution in [2.45, 2.75) is 0 Å². The predicted molar refractivity (Wildman–Crippen MR) is 162 cm³/mol. The molecule has 0 fully saturated rings. The Kier molecular flexibility index (Phi) is 4.78. The third-order valence-electron chi connectivity index (χ3n) is 8.27. The molecule has 0 bridgehead atoms. The van der Waals surface area contributed by atoms with Gasteiger partial charge in [-0.25, -0.2) is 17.6 Å². The van der Waals surface area contributed by atoms with E-state index in [1.807, 2.05) is 96.8 Å². The molecule has 9 rings (SSSR count). The van der Waals surface area contributed by atoms with Crippen LogP contribution >= 0.6 is 11.6 Å². The third kappa shape index (κ3) is 3.16. The Bertz CT molecular complexity index is 2460. The summed E-state index contributed by atoms with van der Waals surface area (Å²) in [5, 5.41) is 1.52. The molecule has 4 heterocycles. The maximum absolute atomic E-state index is 14.4. The molecule has 0 radical (unpaired) electrons. The summed E-state index contributed by atoms with van der Waals surface area (Å²) < 4.78 is 64.9. The van der Waals surface area contributed by atoms with Gasteiger partial charge in [0.15, 0.2) is 23.3 Å². The average molecular weight is 593 g/mol. The van der Waals surface area contributed by atoms with Crippen LogP contribution in [0, 0.1) is 23.3 Å². The molecule has 0 aliphatic carbocycles. The zero-order chi connectivity index (χ0) is 29.1. The molecule has 0 amide bonds. The summed E-state index contributed by atoms with van der Waals surface area (Å²) in [6.45, 7) is 0. The molecule has 0 atom stereocenters. The molecule has 0 aliphatic rings. The standard InChI is InChI=1S/C34H17ClF4N4/c35-34-28(40-24-6-1-3-8-26(24)42-30-16-22(38)20(36)12-18(30)14-32(40)42)10-5-11-29(34)41-25-7-2-4-9-27(25)43-31-17-23(39)21(37)13-19(31)15-33(41)43/h1-17H. The summed E-state index contributed by atoms with van der Waals surface area (Å²) in [4.78, 5) is 0. The summed E-state index contributed by atoms with van der Waals surface area (Å²) in [6.07, 6.45) is 0. The number of para-hydroxylation sites is 4. The van der Waals surface area contributed by atoms with Crippen LogP contribution in [-0.2, 0) is 0 Å². The van der Waals surface area contributed by atoms with E-state index in [0.29, 0.717) is 49.5 Å². The predicted octanol–water partition coefficient (Wildman–Crippen LogP) is 9.60. The number of imidazole rings is 2. The molecule has 43 heavy (non-hydrogen) atoms. The van der Waals surface area contributed by atoms with Crippen molar-refractivity contribution >= 4 is 66.8 Å². The van der Waals surface area contributed by atoms with Crippen LogP contribution in [-0.4, -0.2) is 17.9 Å². The van der Waals surface area contributed by atoms with Gasteiger partial charge < -0.3 is 0 Å². The Labute approximate surface area is 244 Å². The molecule has 9 heteroatoms. The zero-order valence-corrected chi connectivity index (χ0v) is 22.7. The van der Waals surface area contributed by atoms with E-state index in [2.05, 4.69) is 0 Å². The molecule has 208 valence electrons. The van der Waals surface area contributed by atoms with Gasteiger partial charge in [0.2, 0.25) is 0 Å². The molecule has 0 aliphatic heterocycles. The van der Waals surface area contributed by atoms with Crippen molar-refractivity contribution in [1.29, 1.82) is 0 Å². The van der Waals surface area contributed by atoms with Crippen molar-refractivity contribution in [3.63, 3.8) is 0 Å². The van der Waals surface area contributed by atoms with E-state index >= 15 is 0 Å². The molecular weight excluding hydrogens is 576 g/mol. The van der Waals surface area contributed by atoms with Crippen LogP contribution in [0.1, 0.15) is 0 Å². The smallest absolute Gasteiger partial charge is 0.160 e. The van der Waals surface area contributed by atoms with Gasteiger partial charge in [-0.05, 0) is 60.7 Å². The van der Waals surface area contributed by atoms with Crippen LogP contribution in [0.3, 0.4) is 0 Å². The molecule has 0 saturated heterocycles. The Morgan fingerprint density at radius 3 is 1.26 bits per heavy atom. The van der Waals surface area contributed by atoms with Crippen molar-refractivity contribution in [3.8, 4) is 11.4 Å². The van der Waals surface area contributed by atoms with Gasteiger partial charge in [-0.15, -0.1) is 0 Å². The molecule has 0 N–H and O–H groups in total. The van der Waals surface area contributed by atoms with Gasteiger partial charge in [-0.1, -0.05) is 41.9 Å². The van der Waals surface area contributed by atoms with E-state index in [4.69, 9.17) is 11.6 Å². The molecule has 0 unspecified atom stereocenters. The lowest BCUT2D eigenvalue weighted by atomic mass is 10.2. The number of nitrogens with zero attached hydrogens (tertiary/aromatic N) is 4. The average Bonchev–Trinajstić information content (AvgIpc) is 3.71. The van der Waals surface area contributed by atoms with Crippen molar-refractivity contribution in [2.75, 3.05) is 0 Å². The highest BCUT2D eigenvalue weighted by molar-refractivity contribution is 6.34. The Morgan fingerprint density at radius 1 is 0.419 bits per heavy atom. The third-order valence-corrected chi connectivity index (χ3v) is 8.66. The van der Waals surface area contributed by atoms with E-state index in [1.54, 1.807) is 0 Å². The van der Waals surface area contributed by atoms with Gasteiger partial charge in [0, 0.05) is 22.9 Å². The molecule has 9 aromatic rings. The first-order valence-corrected chi connectivity index (χ1v) is 13.9. The fourth-order valence-electron chi connectivity index (χ4n) is 6.50. The summed E-state index contributed by atoms with van der Waals surface area (Å²) in [7, 11) is 0. The second-order valence-electron chi connectivity index (χ2n) is 10.6. The minimum absolute atomic E-state index is 0.416. The minimum Gasteiger partial charge on any atom is -0.293 e. The first-order valence-electron chi connectivity index (χ1n) is 13.5. The summed E-state index contributed by atoms with van der Waals surface area (Å²) in [5.74, 6) is -3.68. The van der Waals surface area contributed by atoms with Crippen LogP contribution in [0.25, 0.3) is 66.5 Å². The molecule has 4 nitrogen and oxygen atoms in total. The maximum atomic E-state index is 14.4. The first-order chi connectivity index (χ1) is 20.9. The van der Waals surface area contributed by atoms with Gasteiger partial charge in [-0.3, -0.25) is 17.9 Å². The van der Waals surface area contributed by atoms with E-state index in [-0.39, 0.29) is 0 Å². The van der Waals surface area contributed by atoms with Crippen LogP contribution in [0.5, 0.6) is 0 Å². The number of fused-ring (bicyclic) bond motifs is 10. The van der Waals surface area contributed by atoms with Crippen molar-refractivity contribution in [1.82, 2.24) is 17.9 Å². The van der Waals surface area contributed by atoms with Crippen molar-refractivity contribution in [2.24, 2.45) is 0 Å². The first kappa shape index (κ1) is 24.4. The number of rotatable bonds is 2. The van der Waals surface area contributed by atoms with Gasteiger partial charge in [-0.2, -0.15) is 0 Å². The van der Waals surface area contributed by atoms with Crippen molar-refractivity contribution in [3.05, 3.63) is 131 Å². The molecular formula is C34H17ClF4N4. The van der Waals surface area contributed by atoms with Gasteiger partial charge in [0.25, 0.3) is 0 Å². The lowest BCUT2D eigenvalue weighted by Crippen LogP contribution is -2.00. The number of halogens is 5. The maximum Gasteiger partial charge on any atom is 0.160 e. The van der Waals surface area contributed by atoms with Crippen molar-refractivity contribution < 1.29 is 17.6 Å². The number of aromatic nitrogens is 4. The number of hydrogen-bond donors (Lipinski definition) is 0. The van der Waals surface area contributed by atoms with Crippen LogP contribution < -0.4 is 0 Å². The quantitative estimate of drug-likeness (QED) is 0.178. The van der Waals surface area contributed by atoms with E-state index < -0.39 is 23.3 Å². The largest absolute Gasteiger partial charge is 0.293 e. The molecule has 4 aromatic heterocycles. The zero-order valence-electron chi connectivity index (χ0n) is 22.0. The van der Waals surface area contributed by atoms with Crippen LogP contribution in [0.4, 0.5) is 17.6 Å². The SMILES string of the molecule is Fc1cc2cc3n(-c4cccc(-n5c6ccccc6n6c7cc(F)c(F)cc7cc56)c4Cl)c4ccccc4n3c2cc1F. The van der Waals surface area contributed by atoms with E-state index in [0.717, 1.165) is 22.1 Å². The lowest BCUT2D eigenvalue weighted by molar-refractivity contribution is 0.511. The van der Waals surface area contributed by atoms with E-state index in [1.165, 1.54) is 24.3 Å². The number of benzene rings is 5. The highest BCUT2D eigenvalue weighted by Crippen LogP contribution is 2.39. The second kappa shape index (κ2) is 8.42. The topological polar surface area (TPSA) is 18.7 Å². The van der Waals surface area contributed by atoms with Crippen LogP contribution in [0.2, 0.25) is 5.02 Å². The van der Waals surface area contributed by atoms with Gasteiger partial charge in [0.1, 0.15) is 11.3 Å². The minimum atomic E-state index is -0.924. The van der Waals surface area contributed by atoms with Gasteiger partial charge >= 0.3 is 0 Å². The normalized spacial score (nSPS) is 12.3. The van der Waals surface area contributed by atoms with Crippen LogP contribution in [0.15, 0.2) is 103 Å². The van der Waals surface area contributed by atoms with Gasteiger partial charge in [0.05, 0.1) is 49.5 Å². The second-order valence-corrected chi connectivity index (χ2v) is 11.0. The fourth-order valence-corrected chi connectivity index (χ4v) is 6.80. The monoisotopic (exact) mass is 592 g/mol. The summed E-state index contributed by atoms with van der Waals surface area (Å²) >= 11 is 7.29. The Hall–Kier alpha value is -5.21. The highest BCUT2D eigenvalue weighted by Gasteiger charge is 2.23. The molecule has 0 saturated carbocycles. The Balaban J connectivity index is 1.39. The number of hydrogen-bond acceptors (Lipinski definition) is 0. The lowest BCUT2D eigenvalue weighted by Gasteiger charge is -2.14. The fraction of sp³-hybridized carbons (Fsp3) is 0. The highest BCUT2D eigenvalue weighted by atomic mass is 35.5. The molecule has 0 spiro atoms.